The van der Waals surface area contributed by atoms with Crippen LogP contribution < -0.4 is 0 Å². The minimum atomic E-state index is -0.0794. The Balaban J connectivity index is 1.47. The van der Waals surface area contributed by atoms with E-state index in [1.54, 1.807) is 5.57 Å². The zero-order valence-corrected chi connectivity index (χ0v) is 20.9. The van der Waals surface area contributed by atoms with Gasteiger partial charge in [0.2, 0.25) is 0 Å². The number of hydrogen-bond acceptors (Lipinski definition) is 1. The molecule has 0 aromatic rings. The first-order valence-electron chi connectivity index (χ1n) is 13.6. The van der Waals surface area contributed by atoms with Crippen LogP contribution in [0.4, 0.5) is 0 Å². The second kappa shape index (κ2) is 8.57. The van der Waals surface area contributed by atoms with Gasteiger partial charge in [0.05, 0.1) is 6.10 Å². The fraction of sp³-hybridized carbons (Fsp3) is 0.931. The van der Waals surface area contributed by atoms with Crippen LogP contribution in [0.5, 0.6) is 0 Å². The van der Waals surface area contributed by atoms with Crippen molar-refractivity contribution in [2.24, 2.45) is 52.3 Å². The van der Waals surface area contributed by atoms with Crippen LogP contribution in [0, 0.1) is 52.3 Å². The van der Waals surface area contributed by atoms with Gasteiger partial charge in [-0.2, -0.15) is 0 Å². The highest BCUT2D eigenvalue weighted by Crippen LogP contribution is 2.67. The van der Waals surface area contributed by atoms with E-state index < -0.39 is 0 Å². The lowest BCUT2D eigenvalue weighted by Crippen LogP contribution is -2.50. The molecule has 4 rings (SSSR count). The van der Waals surface area contributed by atoms with E-state index in [4.69, 9.17) is 0 Å². The van der Waals surface area contributed by atoms with E-state index in [2.05, 4.69) is 47.6 Å². The molecule has 3 saturated carbocycles. The highest BCUT2D eigenvalue weighted by molar-refractivity contribution is 5.25. The third kappa shape index (κ3) is 3.74. The monoisotopic (exact) mass is 414 g/mol. The minimum absolute atomic E-state index is 0.0794. The van der Waals surface area contributed by atoms with Crippen molar-refractivity contribution in [1.29, 1.82) is 0 Å². The maximum Gasteiger partial charge on any atom is 0.0577 e. The Morgan fingerprint density at radius 3 is 2.47 bits per heavy atom. The molecule has 0 bridgehead atoms. The molecule has 0 radical (unpaired) electrons. The van der Waals surface area contributed by atoms with Gasteiger partial charge in [0.1, 0.15) is 0 Å². The minimum Gasteiger partial charge on any atom is -0.393 e. The molecule has 0 aromatic heterocycles. The molecule has 0 amide bonds. The molecule has 172 valence electrons. The molecule has 9 atom stereocenters. The average Bonchev–Trinajstić information content (AvgIpc) is 3.06. The first-order valence-corrected chi connectivity index (χ1v) is 13.6. The number of allylic oxidation sites excluding steroid dienone is 1. The average molecular weight is 415 g/mol. The Morgan fingerprint density at radius 2 is 1.77 bits per heavy atom. The van der Waals surface area contributed by atoms with E-state index in [0.717, 1.165) is 54.3 Å². The van der Waals surface area contributed by atoms with E-state index in [1.165, 1.54) is 57.8 Å². The third-order valence-electron chi connectivity index (χ3n) is 11.3. The second-order valence-electron chi connectivity index (χ2n) is 12.9. The molecule has 0 saturated heterocycles. The van der Waals surface area contributed by atoms with Gasteiger partial charge in [-0.05, 0) is 110 Å². The summed E-state index contributed by atoms with van der Waals surface area (Å²) >= 11 is 0. The standard InChI is InChI=1S/C29H50O/c1-7-21(19(2)3)9-8-20(4)25-12-13-26-24-11-10-22-18-23(30)14-16-28(22,5)27(24)15-17-29(25,26)6/h10,19-21,23-27,30H,7-9,11-18H2,1-6H3/t20?,21-,23?,24?,25?,26?,27?,28?,29?/m1/s1. The highest BCUT2D eigenvalue weighted by Gasteiger charge is 2.59. The Hall–Kier alpha value is -0.300. The van der Waals surface area contributed by atoms with Crippen molar-refractivity contribution in [3.05, 3.63) is 11.6 Å². The lowest BCUT2D eigenvalue weighted by Gasteiger charge is -2.58. The highest BCUT2D eigenvalue weighted by atomic mass is 16.3. The summed E-state index contributed by atoms with van der Waals surface area (Å²) in [6.45, 7) is 15.1. The van der Waals surface area contributed by atoms with Gasteiger partial charge in [-0.1, -0.05) is 66.0 Å². The summed E-state index contributed by atoms with van der Waals surface area (Å²) in [6, 6.07) is 0. The van der Waals surface area contributed by atoms with E-state index in [1.807, 2.05) is 0 Å². The number of fused-ring (bicyclic) bond motifs is 5. The van der Waals surface area contributed by atoms with Crippen LogP contribution in [0.2, 0.25) is 0 Å². The molecular formula is C29H50O. The molecule has 1 N–H and O–H groups in total. The van der Waals surface area contributed by atoms with Crippen LogP contribution in [-0.2, 0) is 0 Å². The van der Waals surface area contributed by atoms with Gasteiger partial charge in [-0.3, -0.25) is 0 Å². The smallest absolute Gasteiger partial charge is 0.0577 e. The molecule has 30 heavy (non-hydrogen) atoms. The molecule has 0 spiro atoms. The number of hydrogen-bond donors (Lipinski definition) is 1. The van der Waals surface area contributed by atoms with E-state index >= 15 is 0 Å². The lowest BCUT2D eigenvalue weighted by atomic mass is 9.47. The molecule has 0 aliphatic heterocycles. The van der Waals surface area contributed by atoms with Crippen LogP contribution in [0.15, 0.2) is 11.6 Å². The van der Waals surface area contributed by atoms with Gasteiger partial charge in [0, 0.05) is 0 Å². The summed E-state index contributed by atoms with van der Waals surface area (Å²) in [5.74, 6) is 6.31. The summed E-state index contributed by atoms with van der Waals surface area (Å²) in [4.78, 5) is 0. The zero-order valence-electron chi connectivity index (χ0n) is 20.9. The number of aliphatic hydroxyl groups excluding tert-OH is 1. The van der Waals surface area contributed by atoms with E-state index in [-0.39, 0.29) is 6.10 Å². The van der Waals surface area contributed by atoms with Crippen molar-refractivity contribution >= 4 is 0 Å². The molecule has 1 nitrogen and oxygen atoms in total. The van der Waals surface area contributed by atoms with Crippen LogP contribution >= 0.6 is 0 Å². The quantitative estimate of drug-likeness (QED) is 0.436. The fourth-order valence-electron chi connectivity index (χ4n) is 9.30. The number of rotatable bonds is 6. The summed E-state index contributed by atoms with van der Waals surface area (Å²) in [5.41, 5.74) is 2.59. The summed E-state index contributed by atoms with van der Waals surface area (Å²) in [7, 11) is 0. The Morgan fingerprint density at radius 1 is 1.00 bits per heavy atom. The van der Waals surface area contributed by atoms with Crippen LogP contribution in [-0.4, -0.2) is 11.2 Å². The van der Waals surface area contributed by atoms with Gasteiger partial charge >= 0.3 is 0 Å². The Kier molecular flexibility index (Phi) is 6.53. The molecule has 3 fully saturated rings. The van der Waals surface area contributed by atoms with Crippen molar-refractivity contribution in [3.63, 3.8) is 0 Å². The Bertz CT molecular complexity index is 634. The lowest BCUT2D eigenvalue weighted by molar-refractivity contribution is -0.0575. The van der Waals surface area contributed by atoms with Crippen molar-refractivity contribution in [2.45, 2.75) is 118 Å². The molecular weight excluding hydrogens is 364 g/mol. The van der Waals surface area contributed by atoms with Gasteiger partial charge in [0.15, 0.2) is 0 Å². The molecule has 1 heteroatoms. The molecule has 4 aliphatic carbocycles. The van der Waals surface area contributed by atoms with Crippen LogP contribution in [0.25, 0.3) is 0 Å². The van der Waals surface area contributed by atoms with Crippen molar-refractivity contribution in [1.82, 2.24) is 0 Å². The first-order chi connectivity index (χ1) is 14.2. The predicted molar refractivity (Wildman–Crippen MR) is 128 cm³/mol. The largest absolute Gasteiger partial charge is 0.393 e. The fourth-order valence-corrected chi connectivity index (χ4v) is 9.30. The van der Waals surface area contributed by atoms with Crippen molar-refractivity contribution in [3.8, 4) is 0 Å². The van der Waals surface area contributed by atoms with Gasteiger partial charge in [0.25, 0.3) is 0 Å². The van der Waals surface area contributed by atoms with Gasteiger partial charge in [-0.25, -0.2) is 0 Å². The van der Waals surface area contributed by atoms with Crippen molar-refractivity contribution in [2.75, 3.05) is 0 Å². The molecule has 8 unspecified atom stereocenters. The topological polar surface area (TPSA) is 20.2 Å². The molecule has 0 aromatic carbocycles. The molecule has 0 heterocycles. The van der Waals surface area contributed by atoms with E-state index in [9.17, 15) is 5.11 Å². The maximum atomic E-state index is 10.2. The van der Waals surface area contributed by atoms with E-state index in [0.29, 0.717) is 10.8 Å². The summed E-state index contributed by atoms with van der Waals surface area (Å²) in [6.07, 6.45) is 17.1. The van der Waals surface area contributed by atoms with Crippen LogP contribution in [0.1, 0.15) is 112 Å². The van der Waals surface area contributed by atoms with Crippen molar-refractivity contribution < 1.29 is 5.11 Å². The normalized spacial score (nSPS) is 45.3. The summed E-state index contributed by atoms with van der Waals surface area (Å²) in [5, 5.41) is 10.2. The SMILES string of the molecule is CC[C@H](CCC(C)C1CCC2C3CC=C4CC(O)CCC4(C)C3CCC12C)C(C)C. The second-order valence-corrected chi connectivity index (χ2v) is 12.9. The number of aliphatic hydroxyl groups is 1. The maximum absolute atomic E-state index is 10.2. The Labute approximate surface area is 187 Å². The molecule has 4 aliphatic rings. The summed E-state index contributed by atoms with van der Waals surface area (Å²) < 4.78 is 0. The van der Waals surface area contributed by atoms with Crippen LogP contribution in [0.3, 0.4) is 0 Å². The zero-order chi connectivity index (χ0) is 21.7. The first kappa shape index (κ1) is 22.9. The van der Waals surface area contributed by atoms with Gasteiger partial charge < -0.3 is 5.11 Å². The predicted octanol–water partition coefficient (Wildman–Crippen LogP) is 8.02. The third-order valence-corrected chi connectivity index (χ3v) is 11.3. The van der Waals surface area contributed by atoms with Gasteiger partial charge in [-0.15, -0.1) is 0 Å².